The van der Waals surface area contributed by atoms with Gasteiger partial charge in [-0.1, -0.05) is 218 Å². The van der Waals surface area contributed by atoms with Gasteiger partial charge in [0.05, 0.1) is 11.0 Å². The van der Waals surface area contributed by atoms with E-state index in [1.54, 1.807) is 0 Å². The van der Waals surface area contributed by atoms with Gasteiger partial charge in [-0.05, 0) is 122 Å². The normalized spacial score (nSPS) is 11.6. The molecule has 0 radical (unpaired) electrons. The number of thiophene rings is 1. The third-order valence-corrected chi connectivity index (χ3v) is 15.8. The summed E-state index contributed by atoms with van der Waals surface area (Å²) >= 11 is 1.91. The van der Waals surface area contributed by atoms with Crippen molar-refractivity contribution >= 4 is 81.1 Å². The summed E-state index contributed by atoms with van der Waals surface area (Å²) < 4.78 is 5.12. The van der Waals surface area contributed by atoms with E-state index in [4.69, 9.17) is 0 Å². The number of anilines is 3. The predicted molar refractivity (Wildman–Crippen MR) is 313 cm³/mol. The molecular formula is C70H46N2S. The van der Waals surface area contributed by atoms with Gasteiger partial charge in [0, 0.05) is 59.1 Å². The first-order valence-corrected chi connectivity index (χ1v) is 25.8. The van der Waals surface area contributed by atoms with E-state index in [1.807, 2.05) is 11.3 Å². The second-order valence-electron chi connectivity index (χ2n) is 18.8. The molecule has 0 aliphatic rings. The number of rotatable bonds is 9. The number of para-hydroxylation sites is 1. The fourth-order valence-electron chi connectivity index (χ4n) is 11.2. The Labute approximate surface area is 428 Å². The first kappa shape index (κ1) is 42.6. The zero-order valence-corrected chi connectivity index (χ0v) is 40.7. The maximum absolute atomic E-state index is 2.52. The van der Waals surface area contributed by atoms with Crippen LogP contribution in [0.15, 0.2) is 279 Å². The number of benzene rings is 12. The van der Waals surface area contributed by atoms with E-state index < -0.39 is 0 Å². The SMILES string of the molecule is c1ccc(-c2ccc(N(c3ccc(-c4ccccc4-c4ccccc4)c(-c4ccccc4)c3)c3ccc4c5c6sc7ccc(-c8ccccc8)cc7c6c6ccccc6c5n(-c5ccccc5)c4c3)cc2)cc1. The minimum absolute atomic E-state index is 1.07. The van der Waals surface area contributed by atoms with Gasteiger partial charge in [-0.15, -0.1) is 11.3 Å². The van der Waals surface area contributed by atoms with E-state index in [-0.39, 0.29) is 0 Å². The van der Waals surface area contributed by atoms with Crippen LogP contribution in [0.5, 0.6) is 0 Å². The lowest BCUT2D eigenvalue weighted by molar-refractivity contribution is 1.18. The lowest BCUT2D eigenvalue weighted by Gasteiger charge is -2.27. The lowest BCUT2D eigenvalue weighted by atomic mass is 9.89. The summed E-state index contributed by atoms with van der Waals surface area (Å²) in [6.07, 6.45) is 0. The Morgan fingerprint density at radius 1 is 0.288 bits per heavy atom. The van der Waals surface area contributed by atoms with Crippen molar-refractivity contribution in [1.29, 1.82) is 0 Å². The van der Waals surface area contributed by atoms with Crippen LogP contribution in [0.2, 0.25) is 0 Å². The topological polar surface area (TPSA) is 8.17 Å². The molecule has 14 rings (SSSR count). The molecule has 0 aliphatic heterocycles. The molecule has 2 aromatic heterocycles. The van der Waals surface area contributed by atoms with Crippen molar-refractivity contribution in [2.24, 2.45) is 0 Å². The molecule has 0 unspecified atom stereocenters. The van der Waals surface area contributed by atoms with Crippen molar-refractivity contribution in [3.63, 3.8) is 0 Å². The molecule has 0 aliphatic carbocycles. The molecule has 0 fully saturated rings. The maximum atomic E-state index is 2.52. The fourth-order valence-corrected chi connectivity index (χ4v) is 12.5. The van der Waals surface area contributed by atoms with Gasteiger partial charge in [0.2, 0.25) is 0 Å². The van der Waals surface area contributed by atoms with E-state index >= 15 is 0 Å². The molecule has 2 nitrogen and oxygen atoms in total. The van der Waals surface area contributed by atoms with Crippen LogP contribution in [0.4, 0.5) is 17.1 Å². The van der Waals surface area contributed by atoms with Crippen molar-refractivity contribution in [3.8, 4) is 61.3 Å². The van der Waals surface area contributed by atoms with E-state index in [9.17, 15) is 0 Å². The summed E-state index contributed by atoms with van der Waals surface area (Å²) in [6, 6.07) is 102. The molecule has 0 atom stereocenters. The summed E-state index contributed by atoms with van der Waals surface area (Å²) in [5.41, 5.74) is 18.7. The predicted octanol–water partition coefficient (Wildman–Crippen LogP) is 20.1. The molecule has 0 spiro atoms. The first-order chi connectivity index (χ1) is 36.2. The molecule has 342 valence electrons. The smallest absolute Gasteiger partial charge is 0.0634 e. The molecule has 12 aromatic carbocycles. The van der Waals surface area contributed by atoms with Crippen LogP contribution < -0.4 is 4.90 Å². The average Bonchev–Trinajstić information content (AvgIpc) is 4.03. The number of hydrogen-bond donors (Lipinski definition) is 0. The summed E-state index contributed by atoms with van der Waals surface area (Å²) in [5, 5.41) is 7.64. The van der Waals surface area contributed by atoms with E-state index in [2.05, 4.69) is 289 Å². The Kier molecular flexibility index (Phi) is 10.4. The molecule has 73 heavy (non-hydrogen) atoms. The Morgan fingerprint density at radius 2 is 0.781 bits per heavy atom. The Morgan fingerprint density at radius 3 is 1.47 bits per heavy atom. The number of fused-ring (bicyclic) bond motifs is 10. The van der Waals surface area contributed by atoms with Crippen molar-refractivity contribution in [2.45, 2.75) is 0 Å². The van der Waals surface area contributed by atoms with Gasteiger partial charge in [-0.2, -0.15) is 0 Å². The third-order valence-electron chi connectivity index (χ3n) is 14.6. The molecule has 0 bridgehead atoms. The van der Waals surface area contributed by atoms with Crippen LogP contribution in [0, 0.1) is 0 Å². The number of hydrogen-bond acceptors (Lipinski definition) is 2. The van der Waals surface area contributed by atoms with Crippen LogP contribution >= 0.6 is 11.3 Å². The summed E-state index contributed by atoms with van der Waals surface area (Å²) in [6.45, 7) is 0. The van der Waals surface area contributed by atoms with Crippen LogP contribution in [0.25, 0.3) is 114 Å². The van der Waals surface area contributed by atoms with Crippen molar-refractivity contribution in [3.05, 3.63) is 279 Å². The summed E-state index contributed by atoms with van der Waals surface area (Å²) in [7, 11) is 0. The largest absolute Gasteiger partial charge is 0.310 e. The molecule has 14 aromatic rings. The average molecular weight is 947 g/mol. The Balaban J connectivity index is 1.04. The zero-order chi connectivity index (χ0) is 48.2. The monoisotopic (exact) mass is 946 g/mol. The molecule has 0 saturated heterocycles. The second kappa shape index (κ2) is 17.8. The van der Waals surface area contributed by atoms with Crippen molar-refractivity contribution in [1.82, 2.24) is 4.57 Å². The van der Waals surface area contributed by atoms with Crippen molar-refractivity contribution < 1.29 is 0 Å². The van der Waals surface area contributed by atoms with Gasteiger partial charge in [0.25, 0.3) is 0 Å². The van der Waals surface area contributed by atoms with Crippen molar-refractivity contribution in [2.75, 3.05) is 4.90 Å². The highest BCUT2D eigenvalue weighted by Gasteiger charge is 2.25. The molecule has 0 saturated carbocycles. The van der Waals surface area contributed by atoms with Crippen LogP contribution in [0.1, 0.15) is 0 Å². The summed E-state index contributed by atoms with van der Waals surface area (Å²) in [5.74, 6) is 0. The molecule has 0 N–H and O–H groups in total. The number of nitrogens with zero attached hydrogens (tertiary/aromatic N) is 2. The van der Waals surface area contributed by atoms with Crippen LogP contribution in [0.3, 0.4) is 0 Å². The van der Waals surface area contributed by atoms with E-state index in [0.717, 1.165) is 33.8 Å². The van der Waals surface area contributed by atoms with Gasteiger partial charge in [-0.3, -0.25) is 0 Å². The standard InChI is InChI=1S/C70H46N2S/c1-6-20-47(21-7-1)49-34-37-54(38-35-49)71(55-39-41-59(63(45-55)51-26-12-4-13-27-51)58-31-17-16-30-57(58)50-24-10-3-11-25-50)56-40-42-62-65(46-56)72(53-28-14-5-15-29-53)69-61-33-19-18-32-60(61)67-64-44-52(48-22-8-2-9-23-48)36-43-66(64)73-70(67)68(62)69/h1-46H. The summed E-state index contributed by atoms with van der Waals surface area (Å²) in [4.78, 5) is 2.44. The quantitative estimate of drug-likeness (QED) is 0.140. The third kappa shape index (κ3) is 7.32. The highest BCUT2D eigenvalue weighted by atomic mass is 32.1. The Hall–Kier alpha value is -9.28. The van der Waals surface area contributed by atoms with Gasteiger partial charge >= 0.3 is 0 Å². The fraction of sp³-hybridized carbons (Fsp3) is 0. The molecule has 2 heterocycles. The molecular weight excluding hydrogens is 901 g/mol. The van der Waals surface area contributed by atoms with Gasteiger partial charge < -0.3 is 9.47 Å². The minimum Gasteiger partial charge on any atom is -0.310 e. The van der Waals surface area contributed by atoms with Gasteiger partial charge in [0.1, 0.15) is 0 Å². The van der Waals surface area contributed by atoms with E-state index in [0.29, 0.717) is 0 Å². The Bertz CT molecular complexity index is 4330. The molecule has 0 amide bonds. The highest BCUT2D eigenvalue weighted by Crippen LogP contribution is 2.50. The molecule has 3 heteroatoms. The second-order valence-corrected chi connectivity index (χ2v) is 19.8. The van der Waals surface area contributed by atoms with Gasteiger partial charge in [-0.25, -0.2) is 0 Å². The van der Waals surface area contributed by atoms with Crippen LogP contribution in [-0.2, 0) is 0 Å². The first-order valence-electron chi connectivity index (χ1n) is 25.0. The van der Waals surface area contributed by atoms with Crippen LogP contribution in [-0.4, -0.2) is 4.57 Å². The number of aromatic nitrogens is 1. The lowest BCUT2D eigenvalue weighted by Crippen LogP contribution is -2.10. The zero-order valence-electron chi connectivity index (χ0n) is 39.9. The van der Waals surface area contributed by atoms with E-state index in [1.165, 1.54) is 97.3 Å². The van der Waals surface area contributed by atoms with Gasteiger partial charge in [0.15, 0.2) is 0 Å². The minimum atomic E-state index is 1.07. The maximum Gasteiger partial charge on any atom is 0.0634 e. The highest BCUT2D eigenvalue weighted by molar-refractivity contribution is 7.27.